The molecule has 0 aromatic heterocycles. The van der Waals surface area contributed by atoms with Crippen LogP contribution in [0.4, 0.5) is 0 Å². The third-order valence-corrected chi connectivity index (χ3v) is 4.49. The number of ether oxygens (including phenoxy) is 1. The van der Waals surface area contributed by atoms with E-state index < -0.39 is 5.97 Å². The van der Waals surface area contributed by atoms with E-state index in [1.54, 1.807) is 37.3 Å². The highest BCUT2D eigenvalue weighted by atomic mass is 16.5. The number of fused-ring (bicyclic) bond motifs is 1. The molecule has 0 unspecified atom stereocenters. The summed E-state index contributed by atoms with van der Waals surface area (Å²) in [6.07, 6.45) is 3.67. The van der Waals surface area contributed by atoms with Gasteiger partial charge in [-0.2, -0.15) is 0 Å². The maximum absolute atomic E-state index is 13.0. The minimum atomic E-state index is -0.702. The molecule has 0 aliphatic heterocycles. The van der Waals surface area contributed by atoms with E-state index in [9.17, 15) is 14.7 Å². The lowest BCUT2D eigenvalue weighted by Crippen LogP contribution is -2.22. The number of carbonyl (C=O) groups is 2. The van der Waals surface area contributed by atoms with E-state index in [0.29, 0.717) is 11.1 Å². The Morgan fingerprint density at radius 3 is 2.33 bits per heavy atom. The summed E-state index contributed by atoms with van der Waals surface area (Å²) in [7, 11) is 0. The number of aliphatic hydroxyl groups excluding tert-OH is 1. The molecule has 1 aliphatic rings. The summed E-state index contributed by atoms with van der Waals surface area (Å²) >= 11 is 0. The van der Waals surface area contributed by atoms with E-state index in [2.05, 4.69) is 6.92 Å². The van der Waals surface area contributed by atoms with Crippen LogP contribution in [0, 0.1) is 0 Å². The molecule has 1 N–H and O–H groups in total. The van der Waals surface area contributed by atoms with E-state index in [0.717, 1.165) is 18.4 Å². The number of esters is 1. The number of aliphatic hydroxyl groups is 1. The lowest BCUT2D eigenvalue weighted by atomic mass is 9.84. The molecule has 0 bridgehead atoms. The van der Waals surface area contributed by atoms with Gasteiger partial charge >= 0.3 is 5.97 Å². The van der Waals surface area contributed by atoms with Crippen LogP contribution in [-0.4, -0.2) is 23.5 Å². The first kappa shape index (κ1) is 18.6. The van der Waals surface area contributed by atoms with E-state index in [-0.39, 0.29) is 29.3 Å². The number of benzene rings is 2. The first-order chi connectivity index (χ1) is 13.1. The van der Waals surface area contributed by atoms with Crippen molar-refractivity contribution in [3.8, 4) is 0 Å². The Morgan fingerprint density at radius 1 is 1.04 bits per heavy atom. The molecule has 4 nitrogen and oxygen atoms in total. The quantitative estimate of drug-likeness (QED) is 0.616. The number of rotatable bonds is 5. The number of Topliss-reactive ketones (excluding diaryl/α,β-unsaturated/α-hetero) is 1. The molecule has 2 aromatic rings. The van der Waals surface area contributed by atoms with Gasteiger partial charge in [0, 0.05) is 16.7 Å². The average Bonchev–Trinajstić information content (AvgIpc) is 2.68. The smallest absolute Gasteiger partial charge is 0.342 e. The molecular formula is C23H22O4. The second-order valence-electron chi connectivity index (χ2n) is 6.37. The van der Waals surface area contributed by atoms with Gasteiger partial charge in [0.15, 0.2) is 5.78 Å². The third-order valence-electron chi connectivity index (χ3n) is 4.49. The number of aryl methyl sites for hydroxylation is 1. The Balaban J connectivity index is 2.12. The maximum Gasteiger partial charge on any atom is 0.342 e. The Bertz CT molecular complexity index is 933. The van der Waals surface area contributed by atoms with Gasteiger partial charge in [-0.1, -0.05) is 61.9 Å². The second-order valence-corrected chi connectivity index (χ2v) is 6.37. The molecule has 0 radical (unpaired) electrons. The van der Waals surface area contributed by atoms with Crippen LogP contribution in [0.1, 0.15) is 47.3 Å². The van der Waals surface area contributed by atoms with Crippen molar-refractivity contribution in [1.82, 2.24) is 0 Å². The van der Waals surface area contributed by atoms with Crippen LogP contribution >= 0.6 is 0 Å². The van der Waals surface area contributed by atoms with E-state index in [4.69, 9.17) is 4.74 Å². The zero-order valence-electron chi connectivity index (χ0n) is 15.5. The predicted octanol–water partition coefficient (Wildman–Crippen LogP) is 4.75. The SMILES string of the molecule is CCCc1ccc(/C=C2/C(=O)c3ccccc3C(O)=C2C(=O)OCC)cc1. The molecule has 27 heavy (non-hydrogen) atoms. The fraction of sp³-hybridized carbons (Fsp3) is 0.217. The molecule has 0 saturated carbocycles. The molecule has 0 heterocycles. The average molecular weight is 362 g/mol. The van der Waals surface area contributed by atoms with Crippen LogP contribution in [0.5, 0.6) is 0 Å². The predicted molar refractivity (Wildman–Crippen MR) is 105 cm³/mol. The third kappa shape index (κ3) is 3.70. The highest BCUT2D eigenvalue weighted by molar-refractivity contribution is 6.26. The molecule has 2 aromatic carbocycles. The monoisotopic (exact) mass is 362 g/mol. The molecule has 0 atom stereocenters. The van der Waals surface area contributed by atoms with Crippen LogP contribution in [0.15, 0.2) is 59.7 Å². The van der Waals surface area contributed by atoms with E-state index in [1.165, 1.54) is 5.56 Å². The molecule has 4 heteroatoms. The fourth-order valence-corrected chi connectivity index (χ4v) is 3.19. The Morgan fingerprint density at radius 2 is 1.70 bits per heavy atom. The second kappa shape index (κ2) is 8.04. The van der Waals surface area contributed by atoms with Crippen molar-refractivity contribution < 1.29 is 19.4 Å². The highest BCUT2D eigenvalue weighted by Gasteiger charge is 2.34. The Hall–Kier alpha value is -3.14. The van der Waals surface area contributed by atoms with Crippen molar-refractivity contribution in [2.75, 3.05) is 6.61 Å². The summed E-state index contributed by atoms with van der Waals surface area (Å²) in [5.74, 6) is -1.23. The van der Waals surface area contributed by atoms with Crippen molar-refractivity contribution in [2.24, 2.45) is 0 Å². The number of hydrogen-bond acceptors (Lipinski definition) is 4. The number of carbonyl (C=O) groups excluding carboxylic acids is 2. The summed E-state index contributed by atoms with van der Waals surface area (Å²) in [6, 6.07) is 14.5. The molecule has 1 aliphatic carbocycles. The number of hydrogen-bond donors (Lipinski definition) is 1. The van der Waals surface area contributed by atoms with Gasteiger partial charge in [0.25, 0.3) is 0 Å². The van der Waals surface area contributed by atoms with Gasteiger partial charge in [0.05, 0.1) is 6.61 Å². The van der Waals surface area contributed by atoms with Crippen molar-refractivity contribution in [1.29, 1.82) is 0 Å². The first-order valence-corrected chi connectivity index (χ1v) is 9.12. The van der Waals surface area contributed by atoms with Crippen molar-refractivity contribution in [3.63, 3.8) is 0 Å². The molecule has 3 rings (SSSR count). The molecule has 0 saturated heterocycles. The maximum atomic E-state index is 13.0. The molecular weight excluding hydrogens is 340 g/mol. The normalized spacial score (nSPS) is 15.0. The van der Waals surface area contributed by atoms with Gasteiger partial charge in [0.2, 0.25) is 0 Å². The summed E-state index contributed by atoms with van der Waals surface area (Å²) in [4.78, 5) is 25.5. The van der Waals surface area contributed by atoms with Crippen LogP contribution in [0.2, 0.25) is 0 Å². The van der Waals surface area contributed by atoms with Gasteiger partial charge in [-0.05, 0) is 30.5 Å². The van der Waals surface area contributed by atoms with Crippen LogP contribution in [-0.2, 0) is 16.0 Å². The van der Waals surface area contributed by atoms with Gasteiger partial charge in [-0.25, -0.2) is 4.79 Å². The van der Waals surface area contributed by atoms with E-state index >= 15 is 0 Å². The van der Waals surface area contributed by atoms with Crippen molar-refractivity contribution in [2.45, 2.75) is 26.7 Å². The fourth-order valence-electron chi connectivity index (χ4n) is 3.19. The Labute approximate surface area is 158 Å². The highest BCUT2D eigenvalue weighted by Crippen LogP contribution is 2.35. The lowest BCUT2D eigenvalue weighted by Gasteiger charge is -2.20. The molecule has 0 spiro atoms. The Kier molecular flexibility index (Phi) is 5.55. The van der Waals surface area contributed by atoms with Crippen LogP contribution in [0.25, 0.3) is 11.8 Å². The van der Waals surface area contributed by atoms with Crippen molar-refractivity contribution in [3.05, 3.63) is 81.9 Å². The largest absolute Gasteiger partial charge is 0.506 e. The van der Waals surface area contributed by atoms with Gasteiger partial charge < -0.3 is 9.84 Å². The zero-order valence-corrected chi connectivity index (χ0v) is 15.5. The molecule has 0 fully saturated rings. The summed E-state index contributed by atoms with van der Waals surface area (Å²) in [5.41, 5.74) is 2.78. The summed E-state index contributed by atoms with van der Waals surface area (Å²) in [5, 5.41) is 10.7. The number of ketones is 1. The minimum absolute atomic E-state index is 0.0850. The van der Waals surface area contributed by atoms with Gasteiger partial charge in [-0.3, -0.25) is 4.79 Å². The lowest BCUT2D eigenvalue weighted by molar-refractivity contribution is -0.138. The topological polar surface area (TPSA) is 63.6 Å². The summed E-state index contributed by atoms with van der Waals surface area (Å²) in [6.45, 7) is 3.96. The van der Waals surface area contributed by atoms with Gasteiger partial charge in [-0.15, -0.1) is 0 Å². The van der Waals surface area contributed by atoms with E-state index in [1.807, 2.05) is 24.3 Å². The van der Waals surface area contributed by atoms with Crippen molar-refractivity contribution >= 4 is 23.6 Å². The first-order valence-electron chi connectivity index (χ1n) is 9.12. The molecule has 0 amide bonds. The summed E-state index contributed by atoms with van der Waals surface area (Å²) < 4.78 is 5.08. The molecule has 138 valence electrons. The zero-order chi connectivity index (χ0) is 19.4. The minimum Gasteiger partial charge on any atom is -0.506 e. The van der Waals surface area contributed by atoms with Crippen LogP contribution in [0.3, 0.4) is 0 Å². The van der Waals surface area contributed by atoms with Gasteiger partial charge in [0.1, 0.15) is 11.3 Å². The van der Waals surface area contributed by atoms with Crippen LogP contribution < -0.4 is 0 Å². The standard InChI is InChI=1S/C23H22O4/c1-3-7-15-10-12-16(13-11-15)14-19-20(23(26)27-4-2)22(25)18-9-6-5-8-17(18)21(19)24/h5-6,8-14,25H,3-4,7H2,1-2H3/b19-14+.